The van der Waals surface area contributed by atoms with E-state index in [1.165, 1.54) is 11.3 Å². The van der Waals surface area contributed by atoms with E-state index in [1.807, 2.05) is 6.92 Å². The van der Waals surface area contributed by atoms with Crippen molar-refractivity contribution in [1.29, 1.82) is 0 Å². The first-order valence-corrected chi connectivity index (χ1v) is 4.02. The Labute approximate surface area is 66.7 Å². The van der Waals surface area contributed by atoms with Gasteiger partial charge >= 0.3 is 0 Å². The summed E-state index contributed by atoms with van der Waals surface area (Å²) in [5, 5.41) is 3.32. The van der Waals surface area contributed by atoms with Crippen LogP contribution in [-0.4, -0.2) is 11.5 Å². The van der Waals surface area contributed by atoms with Gasteiger partial charge in [-0.25, -0.2) is 0 Å². The van der Waals surface area contributed by atoms with Crippen LogP contribution in [0.25, 0.3) is 0 Å². The minimum Gasteiger partial charge on any atom is -0.312 e. The summed E-state index contributed by atoms with van der Waals surface area (Å²) in [6.07, 6.45) is 1.08. The van der Waals surface area contributed by atoms with Gasteiger partial charge in [-0.3, -0.25) is 4.98 Å². The molecule has 0 radical (unpaired) electrons. The fraction of sp³-hybridized carbons (Fsp3) is 0.444. The van der Waals surface area contributed by atoms with Gasteiger partial charge in [0.15, 0.2) is 0 Å². The Morgan fingerprint density at radius 2 is 2.36 bits per heavy atom. The molecule has 1 aromatic heterocycles. The van der Waals surface area contributed by atoms with Crippen molar-refractivity contribution in [3.63, 3.8) is 0 Å². The molecule has 0 aromatic carbocycles. The second-order valence-corrected chi connectivity index (χ2v) is 2.99. The molecule has 0 amide bonds. The Hall–Kier alpha value is -0.890. The minimum absolute atomic E-state index is 0.989. The van der Waals surface area contributed by atoms with E-state index in [9.17, 15) is 0 Å². The third-order valence-corrected chi connectivity index (χ3v) is 2.06. The van der Waals surface area contributed by atoms with Crippen molar-refractivity contribution in [2.24, 2.45) is 0 Å². The molecule has 2 heteroatoms. The Morgan fingerprint density at radius 1 is 1.45 bits per heavy atom. The molecule has 58 valence electrons. The molecule has 2 rings (SSSR count). The number of aryl methyl sites for hydroxylation is 1. The quantitative estimate of drug-likeness (QED) is 0.594. The van der Waals surface area contributed by atoms with Crippen molar-refractivity contribution in [1.82, 2.24) is 10.3 Å². The highest BCUT2D eigenvalue weighted by molar-refractivity contribution is 5.24. The number of nitrogens with zero attached hydrogens (tertiary/aromatic N) is 1. The van der Waals surface area contributed by atoms with Crippen molar-refractivity contribution in [2.45, 2.75) is 19.9 Å². The number of nitrogens with one attached hydrogen (secondary N) is 1. The lowest BCUT2D eigenvalue weighted by molar-refractivity contribution is 0.628. The van der Waals surface area contributed by atoms with Gasteiger partial charge in [-0.2, -0.15) is 0 Å². The van der Waals surface area contributed by atoms with Gasteiger partial charge in [0.2, 0.25) is 0 Å². The summed E-state index contributed by atoms with van der Waals surface area (Å²) in [5.74, 6) is 0. The van der Waals surface area contributed by atoms with Crippen molar-refractivity contribution in [2.75, 3.05) is 6.54 Å². The second-order valence-electron chi connectivity index (χ2n) is 2.99. The summed E-state index contributed by atoms with van der Waals surface area (Å²) < 4.78 is 0. The van der Waals surface area contributed by atoms with Gasteiger partial charge in [0.25, 0.3) is 0 Å². The molecule has 1 aliphatic rings. The lowest BCUT2D eigenvalue weighted by Gasteiger charge is -2.15. The third-order valence-electron chi connectivity index (χ3n) is 2.06. The molecule has 0 saturated carbocycles. The number of fused-ring (bicyclic) bond motifs is 1. The summed E-state index contributed by atoms with van der Waals surface area (Å²) >= 11 is 0. The standard InChI is InChI=1S/C9H12N2/c1-7-2-3-8-6-10-5-4-9(8)11-7/h2-3,10H,4-6H2,1H3. The molecule has 1 N–H and O–H groups in total. The number of pyridine rings is 1. The molecule has 0 fully saturated rings. The average molecular weight is 148 g/mol. The largest absolute Gasteiger partial charge is 0.312 e. The zero-order chi connectivity index (χ0) is 7.68. The molecule has 0 aliphatic carbocycles. The first-order valence-electron chi connectivity index (χ1n) is 4.02. The van der Waals surface area contributed by atoms with Crippen LogP contribution in [0, 0.1) is 6.92 Å². The van der Waals surface area contributed by atoms with E-state index >= 15 is 0 Å². The van der Waals surface area contributed by atoms with Gasteiger partial charge in [-0.05, 0) is 18.6 Å². The maximum absolute atomic E-state index is 4.47. The van der Waals surface area contributed by atoms with Crippen LogP contribution in [0.5, 0.6) is 0 Å². The van der Waals surface area contributed by atoms with Crippen LogP contribution >= 0.6 is 0 Å². The van der Waals surface area contributed by atoms with Crippen LogP contribution in [0.15, 0.2) is 12.1 Å². The Kier molecular flexibility index (Phi) is 1.62. The van der Waals surface area contributed by atoms with E-state index in [0.29, 0.717) is 0 Å². The predicted molar refractivity (Wildman–Crippen MR) is 44.4 cm³/mol. The monoisotopic (exact) mass is 148 g/mol. The topological polar surface area (TPSA) is 24.9 Å². The zero-order valence-electron chi connectivity index (χ0n) is 6.72. The highest BCUT2D eigenvalue weighted by Crippen LogP contribution is 2.10. The maximum atomic E-state index is 4.47. The van der Waals surface area contributed by atoms with Gasteiger partial charge in [0.1, 0.15) is 0 Å². The highest BCUT2D eigenvalue weighted by atomic mass is 14.9. The van der Waals surface area contributed by atoms with Gasteiger partial charge in [-0.15, -0.1) is 0 Å². The van der Waals surface area contributed by atoms with E-state index in [4.69, 9.17) is 0 Å². The zero-order valence-corrected chi connectivity index (χ0v) is 6.72. The Balaban J connectivity index is 2.43. The molecule has 2 nitrogen and oxygen atoms in total. The first kappa shape index (κ1) is 6.80. The van der Waals surface area contributed by atoms with E-state index in [2.05, 4.69) is 22.4 Å². The normalized spacial score (nSPS) is 16.1. The van der Waals surface area contributed by atoms with Crippen LogP contribution in [0.1, 0.15) is 17.0 Å². The van der Waals surface area contributed by atoms with E-state index < -0.39 is 0 Å². The van der Waals surface area contributed by atoms with Crippen LogP contribution < -0.4 is 5.32 Å². The van der Waals surface area contributed by atoms with Gasteiger partial charge in [-0.1, -0.05) is 6.07 Å². The van der Waals surface area contributed by atoms with Crippen molar-refractivity contribution >= 4 is 0 Å². The molecule has 2 heterocycles. The van der Waals surface area contributed by atoms with Crippen LogP contribution in [0.4, 0.5) is 0 Å². The molecule has 0 bridgehead atoms. The molecule has 0 atom stereocenters. The Bertz CT molecular complexity index is 268. The number of hydrogen-bond donors (Lipinski definition) is 1. The minimum atomic E-state index is 0.989. The smallest absolute Gasteiger partial charge is 0.0464 e. The molecule has 1 aromatic rings. The fourth-order valence-corrected chi connectivity index (χ4v) is 1.45. The lowest BCUT2D eigenvalue weighted by Crippen LogP contribution is -2.24. The molecule has 0 unspecified atom stereocenters. The first-order chi connectivity index (χ1) is 5.36. The molecule has 11 heavy (non-hydrogen) atoms. The van der Waals surface area contributed by atoms with Crippen molar-refractivity contribution in [3.8, 4) is 0 Å². The van der Waals surface area contributed by atoms with Crippen LogP contribution in [0.3, 0.4) is 0 Å². The number of rotatable bonds is 0. The summed E-state index contributed by atoms with van der Waals surface area (Å²) in [7, 11) is 0. The Morgan fingerprint density at radius 3 is 3.27 bits per heavy atom. The van der Waals surface area contributed by atoms with Crippen LogP contribution in [0.2, 0.25) is 0 Å². The third kappa shape index (κ3) is 1.26. The van der Waals surface area contributed by atoms with Gasteiger partial charge in [0.05, 0.1) is 0 Å². The molecular weight excluding hydrogens is 136 g/mol. The number of aromatic nitrogens is 1. The predicted octanol–water partition coefficient (Wildman–Crippen LogP) is 1.04. The van der Waals surface area contributed by atoms with E-state index in [0.717, 1.165) is 25.2 Å². The van der Waals surface area contributed by atoms with Crippen molar-refractivity contribution < 1.29 is 0 Å². The fourth-order valence-electron chi connectivity index (χ4n) is 1.45. The second kappa shape index (κ2) is 2.62. The lowest BCUT2D eigenvalue weighted by atomic mass is 10.1. The van der Waals surface area contributed by atoms with E-state index in [1.54, 1.807) is 0 Å². The summed E-state index contributed by atoms with van der Waals surface area (Å²) in [5.41, 5.74) is 3.77. The molecule has 1 aliphatic heterocycles. The average Bonchev–Trinajstić information content (AvgIpc) is 2.04. The maximum Gasteiger partial charge on any atom is 0.0464 e. The molecular formula is C9H12N2. The van der Waals surface area contributed by atoms with E-state index in [-0.39, 0.29) is 0 Å². The molecule has 0 saturated heterocycles. The highest BCUT2D eigenvalue weighted by Gasteiger charge is 2.08. The summed E-state index contributed by atoms with van der Waals surface area (Å²) in [4.78, 5) is 4.47. The molecule has 0 spiro atoms. The number of hydrogen-bond acceptors (Lipinski definition) is 2. The SMILES string of the molecule is Cc1ccc2c(n1)CCNC2. The van der Waals surface area contributed by atoms with Crippen molar-refractivity contribution in [3.05, 3.63) is 29.1 Å². The van der Waals surface area contributed by atoms with Gasteiger partial charge < -0.3 is 5.32 Å². The van der Waals surface area contributed by atoms with Gasteiger partial charge in [0, 0.05) is 30.9 Å². The summed E-state index contributed by atoms with van der Waals surface area (Å²) in [6.45, 7) is 4.11. The van der Waals surface area contributed by atoms with Crippen LogP contribution in [-0.2, 0) is 13.0 Å². The summed E-state index contributed by atoms with van der Waals surface area (Å²) in [6, 6.07) is 4.25.